The van der Waals surface area contributed by atoms with Gasteiger partial charge in [0.1, 0.15) is 0 Å². The fraction of sp³-hybridized carbons (Fsp3) is 0.625. The van der Waals surface area contributed by atoms with E-state index >= 15 is 0 Å². The molecule has 0 aliphatic rings. The first-order valence-electron chi connectivity index (χ1n) is 7.70. The molecule has 0 spiro atoms. The largest absolute Gasteiger partial charge is 0.313 e. The Kier molecular flexibility index (Phi) is 6.84. The van der Waals surface area contributed by atoms with Gasteiger partial charge in [0.15, 0.2) is 0 Å². The van der Waals surface area contributed by atoms with Crippen molar-refractivity contribution in [3.8, 4) is 0 Å². The molecule has 0 bridgehead atoms. The van der Waals surface area contributed by atoms with E-state index in [1.54, 1.807) is 12.1 Å². The first kappa shape index (κ1) is 18.1. The van der Waals surface area contributed by atoms with Gasteiger partial charge >= 0.3 is 0 Å². The Morgan fingerprint density at radius 2 is 1.62 bits per heavy atom. The molecule has 1 aromatic rings. The van der Waals surface area contributed by atoms with Gasteiger partial charge in [-0.05, 0) is 50.4 Å². The lowest BCUT2D eigenvalue weighted by Gasteiger charge is -2.27. The smallest absolute Gasteiger partial charge is 0.241 e. The van der Waals surface area contributed by atoms with Gasteiger partial charge in [-0.15, -0.1) is 0 Å². The molecule has 0 radical (unpaired) electrons. The molecule has 4 nitrogen and oxygen atoms in total. The number of nitrogens with one attached hydrogen (secondary N) is 2. The summed E-state index contributed by atoms with van der Waals surface area (Å²) in [5.41, 5.74) is 0.705. The van der Waals surface area contributed by atoms with Crippen LogP contribution in [0.15, 0.2) is 29.2 Å². The molecule has 0 amide bonds. The van der Waals surface area contributed by atoms with Crippen LogP contribution in [0.2, 0.25) is 0 Å². The summed E-state index contributed by atoms with van der Waals surface area (Å²) >= 11 is 0. The molecule has 5 heteroatoms. The summed E-state index contributed by atoms with van der Waals surface area (Å²) in [6, 6.07) is 7.09. The molecule has 21 heavy (non-hydrogen) atoms. The zero-order valence-corrected chi connectivity index (χ0v) is 14.4. The molecular weight excluding hydrogens is 284 g/mol. The Balaban J connectivity index is 2.80. The van der Waals surface area contributed by atoms with Gasteiger partial charge in [-0.25, -0.2) is 13.1 Å². The predicted octanol–water partition coefficient (Wildman–Crippen LogP) is 3.04. The summed E-state index contributed by atoms with van der Waals surface area (Å²) in [6.45, 7) is 9.78. The molecular formula is C16H28N2O2S. The maximum absolute atomic E-state index is 12.4. The van der Waals surface area contributed by atoms with E-state index in [4.69, 9.17) is 0 Å². The molecule has 1 rings (SSSR count). The Labute approximate surface area is 129 Å². The van der Waals surface area contributed by atoms with Crippen molar-refractivity contribution in [3.05, 3.63) is 29.8 Å². The van der Waals surface area contributed by atoms with Crippen LogP contribution in [-0.4, -0.2) is 20.5 Å². The minimum Gasteiger partial charge on any atom is -0.313 e. The Bertz CT molecular complexity index is 520. The zero-order chi connectivity index (χ0) is 15.9. The fourth-order valence-corrected chi connectivity index (χ4v) is 3.52. The molecule has 0 aliphatic carbocycles. The van der Waals surface area contributed by atoms with E-state index in [0.717, 1.165) is 37.9 Å². The highest BCUT2D eigenvalue weighted by Crippen LogP contribution is 2.19. The van der Waals surface area contributed by atoms with Crippen molar-refractivity contribution in [2.75, 3.05) is 6.54 Å². The third-order valence-corrected chi connectivity index (χ3v) is 5.59. The molecule has 0 saturated carbocycles. The van der Waals surface area contributed by atoms with Crippen LogP contribution in [0.25, 0.3) is 0 Å². The van der Waals surface area contributed by atoms with Gasteiger partial charge in [-0.3, -0.25) is 0 Å². The molecule has 2 N–H and O–H groups in total. The van der Waals surface area contributed by atoms with E-state index in [9.17, 15) is 8.42 Å². The van der Waals surface area contributed by atoms with Crippen molar-refractivity contribution in [2.24, 2.45) is 0 Å². The lowest BCUT2D eigenvalue weighted by molar-refractivity contribution is 0.388. The van der Waals surface area contributed by atoms with Crippen LogP contribution < -0.4 is 10.0 Å². The van der Waals surface area contributed by atoms with Crippen molar-refractivity contribution in [3.63, 3.8) is 0 Å². The van der Waals surface area contributed by atoms with E-state index in [1.165, 1.54) is 0 Å². The summed E-state index contributed by atoms with van der Waals surface area (Å²) in [6.07, 6.45) is 2.62. The maximum atomic E-state index is 12.4. The quantitative estimate of drug-likeness (QED) is 0.689. The molecule has 120 valence electrons. The van der Waals surface area contributed by atoms with Crippen molar-refractivity contribution < 1.29 is 8.42 Å². The van der Waals surface area contributed by atoms with Crippen LogP contribution in [0, 0.1) is 0 Å². The van der Waals surface area contributed by atoms with Crippen molar-refractivity contribution in [1.82, 2.24) is 10.0 Å². The normalized spacial score (nSPS) is 12.6. The van der Waals surface area contributed by atoms with E-state index in [0.29, 0.717) is 4.90 Å². The molecule has 0 aliphatic heterocycles. The third kappa shape index (κ3) is 5.41. The minimum atomic E-state index is -3.45. The second kappa shape index (κ2) is 7.92. The molecule has 0 aromatic heterocycles. The van der Waals surface area contributed by atoms with Gasteiger partial charge in [0.2, 0.25) is 10.0 Å². The first-order chi connectivity index (χ1) is 9.87. The topological polar surface area (TPSA) is 58.2 Å². The molecule has 0 unspecified atom stereocenters. The average molecular weight is 312 g/mol. The highest BCUT2D eigenvalue weighted by atomic mass is 32.2. The van der Waals surface area contributed by atoms with Gasteiger partial charge in [0, 0.05) is 12.1 Å². The van der Waals surface area contributed by atoms with Crippen LogP contribution in [0.5, 0.6) is 0 Å². The molecule has 0 atom stereocenters. The lowest BCUT2D eigenvalue weighted by Crippen LogP contribution is -2.44. The van der Waals surface area contributed by atoms with Crippen molar-refractivity contribution in [1.29, 1.82) is 0 Å². The number of hydrogen-bond donors (Lipinski definition) is 2. The highest BCUT2D eigenvalue weighted by molar-refractivity contribution is 7.89. The summed E-state index contributed by atoms with van der Waals surface area (Å²) in [5, 5.41) is 3.30. The molecule has 0 heterocycles. The highest BCUT2D eigenvalue weighted by Gasteiger charge is 2.27. The lowest BCUT2D eigenvalue weighted by atomic mass is 9.98. The van der Waals surface area contributed by atoms with Crippen LogP contribution in [-0.2, 0) is 16.6 Å². The van der Waals surface area contributed by atoms with Gasteiger partial charge < -0.3 is 5.32 Å². The van der Waals surface area contributed by atoms with E-state index in [-0.39, 0.29) is 5.54 Å². The first-order valence-corrected chi connectivity index (χ1v) is 9.19. The van der Waals surface area contributed by atoms with Gasteiger partial charge in [0.25, 0.3) is 0 Å². The Morgan fingerprint density at radius 3 is 2.10 bits per heavy atom. The van der Waals surface area contributed by atoms with Crippen molar-refractivity contribution >= 4 is 10.0 Å². The molecule has 0 fully saturated rings. The Morgan fingerprint density at radius 1 is 1.05 bits per heavy atom. The van der Waals surface area contributed by atoms with E-state index < -0.39 is 10.0 Å². The van der Waals surface area contributed by atoms with E-state index in [2.05, 4.69) is 17.0 Å². The molecule has 0 saturated heterocycles. The summed E-state index contributed by atoms with van der Waals surface area (Å²) in [7, 11) is -3.45. The summed E-state index contributed by atoms with van der Waals surface area (Å²) in [4.78, 5) is 0.329. The van der Waals surface area contributed by atoms with Crippen LogP contribution in [0.3, 0.4) is 0 Å². The third-order valence-electron chi connectivity index (χ3n) is 3.93. The number of rotatable bonds is 9. The predicted molar refractivity (Wildman–Crippen MR) is 87.7 cm³/mol. The summed E-state index contributed by atoms with van der Waals surface area (Å²) in [5.74, 6) is 0. The Hall–Kier alpha value is -0.910. The SMILES string of the molecule is CCCNCc1ccc(S(=O)(=O)NC(C)(CC)CC)cc1. The summed E-state index contributed by atoms with van der Waals surface area (Å²) < 4.78 is 27.6. The molecule has 1 aromatic carbocycles. The number of hydrogen-bond acceptors (Lipinski definition) is 3. The standard InChI is InChI=1S/C16H28N2O2S/c1-5-12-17-13-14-8-10-15(11-9-14)21(19,20)18-16(4,6-2)7-3/h8-11,17-18H,5-7,12-13H2,1-4H3. The van der Waals surface area contributed by atoms with Gasteiger partial charge in [-0.1, -0.05) is 32.9 Å². The van der Waals surface area contributed by atoms with Gasteiger partial charge in [0.05, 0.1) is 4.90 Å². The fourth-order valence-electron chi connectivity index (χ4n) is 1.97. The van der Waals surface area contributed by atoms with Crippen molar-refractivity contribution in [2.45, 2.75) is 63.9 Å². The number of benzene rings is 1. The average Bonchev–Trinajstić information content (AvgIpc) is 2.47. The van der Waals surface area contributed by atoms with Crippen LogP contribution in [0.1, 0.15) is 52.5 Å². The second-order valence-corrected chi connectivity index (χ2v) is 7.38. The maximum Gasteiger partial charge on any atom is 0.241 e. The van der Waals surface area contributed by atoms with Crippen LogP contribution in [0.4, 0.5) is 0 Å². The zero-order valence-electron chi connectivity index (χ0n) is 13.6. The van der Waals surface area contributed by atoms with E-state index in [1.807, 2.05) is 32.9 Å². The van der Waals surface area contributed by atoms with Gasteiger partial charge in [-0.2, -0.15) is 0 Å². The minimum absolute atomic E-state index is 0.329. The monoisotopic (exact) mass is 312 g/mol. The second-order valence-electron chi connectivity index (χ2n) is 5.69. The number of sulfonamides is 1. The van der Waals surface area contributed by atoms with Crippen LogP contribution >= 0.6 is 0 Å².